The Morgan fingerprint density at radius 2 is 2.05 bits per heavy atom. The van der Waals surface area contributed by atoms with Crippen molar-refractivity contribution in [1.29, 1.82) is 0 Å². The summed E-state index contributed by atoms with van der Waals surface area (Å²) in [6, 6.07) is 0.628. The van der Waals surface area contributed by atoms with Gasteiger partial charge in [-0.1, -0.05) is 0 Å². The monoisotopic (exact) mass is 296 g/mol. The number of hydrogen-bond acceptors (Lipinski definition) is 4. The lowest BCUT2D eigenvalue weighted by atomic mass is 10.3. The molecule has 0 saturated carbocycles. The number of nitrogens with zero attached hydrogens (tertiary/aromatic N) is 2. The molecule has 2 N–H and O–H groups in total. The van der Waals surface area contributed by atoms with Crippen LogP contribution in [0.2, 0.25) is 5.28 Å². The van der Waals surface area contributed by atoms with Crippen LogP contribution in [-0.2, 0) is 11.0 Å². The zero-order valence-electron chi connectivity index (χ0n) is 10.2. The van der Waals surface area contributed by atoms with Crippen LogP contribution in [0, 0.1) is 0 Å². The molecule has 1 amide bonds. The Labute approximate surface area is 112 Å². The van der Waals surface area contributed by atoms with Crippen LogP contribution in [-0.4, -0.2) is 28.5 Å². The number of anilines is 1. The Bertz CT molecular complexity index is 465. The maximum Gasteiger partial charge on any atom is 0.433 e. The molecule has 1 heterocycles. The maximum absolute atomic E-state index is 12.5. The van der Waals surface area contributed by atoms with Gasteiger partial charge in [0.15, 0.2) is 5.69 Å². The van der Waals surface area contributed by atoms with Crippen molar-refractivity contribution in [3.63, 3.8) is 0 Å². The van der Waals surface area contributed by atoms with Gasteiger partial charge in [0.1, 0.15) is 5.82 Å². The zero-order chi connectivity index (χ0) is 14.6. The molecule has 9 heteroatoms. The molecule has 0 aromatic carbocycles. The molecule has 106 valence electrons. The Balaban J connectivity index is 2.74. The Kier molecular flexibility index (Phi) is 4.93. The third kappa shape index (κ3) is 5.29. The molecule has 0 spiro atoms. The summed E-state index contributed by atoms with van der Waals surface area (Å²) in [6.45, 7) is 3.32. The first-order valence-electron chi connectivity index (χ1n) is 5.33. The van der Waals surface area contributed by atoms with Crippen molar-refractivity contribution < 1.29 is 18.0 Å². The van der Waals surface area contributed by atoms with Crippen LogP contribution in [0.1, 0.15) is 19.5 Å². The van der Waals surface area contributed by atoms with Crippen LogP contribution < -0.4 is 10.6 Å². The lowest BCUT2D eigenvalue weighted by molar-refractivity contribution is -0.141. The molecule has 5 nitrogen and oxygen atoms in total. The first-order chi connectivity index (χ1) is 8.68. The second-order valence-electron chi connectivity index (χ2n) is 3.98. The number of amides is 1. The highest BCUT2D eigenvalue weighted by atomic mass is 35.5. The van der Waals surface area contributed by atoms with Gasteiger partial charge in [-0.15, -0.1) is 0 Å². The largest absolute Gasteiger partial charge is 0.433 e. The van der Waals surface area contributed by atoms with E-state index in [2.05, 4.69) is 20.6 Å². The molecule has 0 aliphatic rings. The number of carbonyl (C=O) groups excluding carboxylic acids is 1. The van der Waals surface area contributed by atoms with Gasteiger partial charge in [-0.2, -0.15) is 13.2 Å². The summed E-state index contributed by atoms with van der Waals surface area (Å²) in [6.07, 6.45) is -4.62. The molecule has 0 radical (unpaired) electrons. The molecular formula is C10H12ClF3N4O. The number of alkyl halides is 3. The molecular weight excluding hydrogens is 285 g/mol. The van der Waals surface area contributed by atoms with Crippen molar-refractivity contribution in [2.75, 3.05) is 11.9 Å². The van der Waals surface area contributed by atoms with Crippen LogP contribution in [0.5, 0.6) is 0 Å². The predicted molar refractivity (Wildman–Crippen MR) is 63.8 cm³/mol. The summed E-state index contributed by atoms with van der Waals surface area (Å²) in [4.78, 5) is 18.0. The van der Waals surface area contributed by atoms with Gasteiger partial charge in [-0.3, -0.25) is 4.79 Å². The molecule has 1 aromatic rings. The third-order valence-corrected chi connectivity index (χ3v) is 2.04. The molecule has 1 aromatic heterocycles. The minimum absolute atomic E-state index is 0.0611. The molecule has 0 unspecified atom stereocenters. The van der Waals surface area contributed by atoms with E-state index < -0.39 is 17.2 Å². The summed E-state index contributed by atoms with van der Waals surface area (Å²) in [5, 5.41) is 4.49. The van der Waals surface area contributed by atoms with E-state index in [-0.39, 0.29) is 24.3 Å². The Morgan fingerprint density at radius 3 is 2.58 bits per heavy atom. The summed E-state index contributed by atoms with van der Waals surface area (Å²) in [5.74, 6) is -0.524. The van der Waals surface area contributed by atoms with Crippen LogP contribution in [0.15, 0.2) is 6.07 Å². The number of aromatic nitrogens is 2. The van der Waals surface area contributed by atoms with Gasteiger partial charge >= 0.3 is 6.18 Å². The first-order valence-corrected chi connectivity index (χ1v) is 5.71. The summed E-state index contributed by atoms with van der Waals surface area (Å²) in [5.41, 5.74) is -1.17. The molecule has 1 rings (SSSR count). The SMILES string of the molecule is CC(C)NC(=O)CNc1cc(C(F)(F)F)nc(Cl)n1. The first kappa shape index (κ1) is 15.5. The zero-order valence-corrected chi connectivity index (χ0v) is 10.9. The van der Waals surface area contributed by atoms with Crippen molar-refractivity contribution in [1.82, 2.24) is 15.3 Å². The van der Waals surface area contributed by atoms with Crippen molar-refractivity contribution in [2.45, 2.75) is 26.1 Å². The minimum Gasteiger partial charge on any atom is -0.361 e. The minimum atomic E-state index is -4.62. The van der Waals surface area contributed by atoms with Gasteiger partial charge in [0.2, 0.25) is 11.2 Å². The summed E-state index contributed by atoms with van der Waals surface area (Å²) in [7, 11) is 0. The highest BCUT2D eigenvalue weighted by molar-refractivity contribution is 6.28. The van der Waals surface area contributed by atoms with E-state index >= 15 is 0 Å². The lowest BCUT2D eigenvalue weighted by Gasteiger charge is -2.11. The fraction of sp³-hybridized carbons (Fsp3) is 0.500. The van der Waals surface area contributed by atoms with Crippen LogP contribution >= 0.6 is 11.6 Å². The van der Waals surface area contributed by atoms with Gasteiger partial charge in [-0.05, 0) is 25.4 Å². The van der Waals surface area contributed by atoms with Crippen molar-refractivity contribution in [3.05, 3.63) is 17.0 Å². The van der Waals surface area contributed by atoms with Crippen molar-refractivity contribution >= 4 is 23.3 Å². The van der Waals surface area contributed by atoms with Gasteiger partial charge in [0.05, 0.1) is 6.54 Å². The van der Waals surface area contributed by atoms with Gasteiger partial charge < -0.3 is 10.6 Å². The molecule has 0 fully saturated rings. The van der Waals surface area contributed by atoms with Crippen molar-refractivity contribution in [3.8, 4) is 0 Å². The maximum atomic E-state index is 12.5. The van der Waals surface area contributed by atoms with E-state index in [1.54, 1.807) is 13.8 Å². The molecule has 0 bridgehead atoms. The summed E-state index contributed by atoms with van der Waals surface area (Å²) < 4.78 is 37.4. The molecule has 0 aliphatic heterocycles. The number of halogens is 4. The normalized spacial score (nSPS) is 11.5. The highest BCUT2D eigenvalue weighted by Crippen LogP contribution is 2.29. The second-order valence-corrected chi connectivity index (χ2v) is 4.32. The Morgan fingerprint density at radius 1 is 1.42 bits per heavy atom. The van der Waals surface area contributed by atoms with Crippen LogP contribution in [0.25, 0.3) is 0 Å². The topological polar surface area (TPSA) is 66.9 Å². The van der Waals surface area contributed by atoms with Gasteiger partial charge in [0.25, 0.3) is 0 Å². The van der Waals surface area contributed by atoms with Gasteiger partial charge in [0, 0.05) is 12.1 Å². The average molecular weight is 297 g/mol. The number of nitrogens with one attached hydrogen (secondary N) is 2. The number of hydrogen-bond donors (Lipinski definition) is 2. The second kappa shape index (κ2) is 6.05. The van der Waals surface area contributed by atoms with E-state index in [0.717, 1.165) is 0 Å². The van der Waals surface area contributed by atoms with E-state index in [1.165, 1.54) is 0 Å². The molecule has 0 aliphatic carbocycles. The van der Waals surface area contributed by atoms with Crippen molar-refractivity contribution in [2.24, 2.45) is 0 Å². The summed E-state index contributed by atoms with van der Waals surface area (Å²) >= 11 is 5.39. The van der Waals surface area contributed by atoms with Crippen LogP contribution in [0.4, 0.5) is 19.0 Å². The van der Waals surface area contributed by atoms with E-state index in [9.17, 15) is 18.0 Å². The highest BCUT2D eigenvalue weighted by Gasteiger charge is 2.33. The number of carbonyl (C=O) groups is 1. The molecule has 0 atom stereocenters. The van der Waals surface area contributed by atoms with E-state index in [4.69, 9.17) is 11.6 Å². The third-order valence-electron chi connectivity index (χ3n) is 1.87. The van der Waals surface area contributed by atoms with E-state index in [0.29, 0.717) is 6.07 Å². The fourth-order valence-electron chi connectivity index (χ4n) is 1.20. The lowest BCUT2D eigenvalue weighted by Crippen LogP contribution is -2.35. The standard InChI is InChI=1S/C10H12ClF3N4O/c1-5(2)16-8(19)4-15-7-3-6(10(12,13)14)17-9(11)18-7/h3,5H,4H2,1-2H3,(H,16,19)(H,15,17,18). The Hall–Kier alpha value is -1.57. The van der Waals surface area contributed by atoms with E-state index in [1.807, 2.05) is 0 Å². The van der Waals surface area contributed by atoms with Crippen LogP contribution in [0.3, 0.4) is 0 Å². The van der Waals surface area contributed by atoms with Gasteiger partial charge in [-0.25, -0.2) is 9.97 Å². The fourth-order valence-corrected chi connectivity index (χ4v) is 1.38. The average Bonchev–Trinajstić information content (AvgIpc) is 2.23. The number of rotatable bonds is 4. The smallest absolute Gasteiger partial charge is 0.361 e. The quantitative estimate of drug-likeness (QED) is 0.835. The predicted octanol–water partition coefficient (Wildman–Crippen LogP) is 2.09. The molecule has 0 saturated heterocycles. The molecule has 19 heavy (non-hydrogen) atoms.